The van der Waals surface area contributed by atoms with Crippen LogP contribution in [0.15, 0.2) is 77.6 Å². The van der Waals surface area contributed by atoms with Crippen molar-refractivity contribution in [3.8, 4) is 0 Å². The summed E-state index contributed by atoms with van der Waals surface area (Å²) in [5, 5.41) is 6.87. The normalized spacial score (nSPS) is 12.2. The number of alkyl halides is 3. The summed E-state index contributed by atoms with van der Waals surface area (Å²) in [6, 6.07) is 16.8. The number of nitrogens with zero attached hydrogens (tertiary/aromatic N) is 2. The molecule has 0 radical (unpaired) electrons. The zero-order valence-corrected chi connectivity index (χ0v) is 20.7. The molecule has 11 heteroatoms. The lowest BCUT2D eigenvalue weighted by atomic mass is 10.1. The fraction of sp³-hybridized carbons (Fsp3) is 0.185. The van der Waals surface area contributed by atoms with Gasteiger partial charge >= 0.3 is 12.1 Å². The highest BCUT2D eigenvalue weighted by atomic mass is 35.5. The van der Waals surface area contributed by atoms with E-state index in [-0.39, 0.29) is 44.8 Å². The van der Waals surface area contributed by atoms with Crippen LogP contribution in [0.25, 0.3) is 10.8 Å². The molecule has 0 aliphatic rings. The minimum Gasteiger partial charge on any atom is -0.442 e. The molecule has 1 aromatic heterocycles. The Morgan fingerprint density at radius 2 is 1.68 bits per heavy atom. The van der Waals surface area contributed by atoms with Crippen LogP contribution < -0.4 is 10.9 Å². The molecule has 0 saturated carbocycles. The fourth-order valence-electron chi connectivity index (χ4n) is 3.81. The smallest absolute Gasteiger partial charge is 0.416 e. The molecule has 0 bridgehead atoms. The summed E-state index contributed by atoms with van der Waals surface area (Å²) in [6.07, 6.45) is -5.66. The third-order valence-corrected chi connectivity index (χ3v) is 5.94. The lowest BCUT2D eigenvalue weighted by molar-refractivity contribution is -0.137. The Kier molecular flexibility index (Phi) is 7.82. The number of rotatable bonds is 7. The molecule has 196 valence electrons. The van der Waals surface area contributed by atoms with Crippen LogP contribution in [-0.2, 0) is 22.3 Å². The number of nitrogens with one attached hydrogen (secondary N) is 1. The standard InChI is InChI=1S/C27H21ClF3N3O4/c1-2-14-34-25(36)19-11-7-6-10-18(19)22(33-34)26(37)38-23(16-8-4-3-5-9-16)24(35)32-21-15-17(27(29,30)31)12-13-20(21)28/h3-13,15,23H,2,14H2,1H3,(H,32,35)/t23-/m0/s1. The van der Waals surface area contributed by atoms with Gasteiger partial charge in [0.05, 0.1) is 21.7 Å². The van der Waals surface area contributed by atoms with Crippen molar-refractivity contribution in [3.05, 3.63) is 105 Å². The number of esters is 1. The molecule has 1 atom stereocenters. The first-order valence-corrected chi connectivity index (χ1v) is 11.9. The molecule has 4 aromatic rings. The van der Waals surface area contributed by atoms with Crippen LogP contribution in [0.4, 0.5) is 18.9 Å². The van der Waals surface area contributed by atoms with Gasteiger partial charge in [-0.3, -0.25) is 9.59 Å². The number of amides is 1. The molecule has 4 rings (SSSR count). The largest absolute Gasteiger partial charge is 0.442 e. The predicted molar refractivity (Wildman–Crippen MR) is 136 cm³/mol. The van der Waals surface area contributed by atoms with Gasteiger partial charge in [-0.1, -0.05) is 67.1 Å². The summed E-state index contributed by atoms with van der Waals surface area (Å²) in [6.45, 7) is 2.09. The first kappa shape index (κ1) is 26.9. The van der Waals surface area contributed by atoms with E-state index in [4.69, 9.17) is 16.3 Å². The van der Waals surface area contributed by atoms with Gasteiger partial charge in [0.2, 0.25) is 6.10 Å². The Hall–Kier alpha value is -4.18. The molecule has 3 aromatic carbocycles. The Morgan fingerprint density at radius 1 is 1.03 bits per heavy atom. The average molecular weight is 544 g/mol. The van der Waals surface area contributed by atoms with E-state index in [0.29, 0.717) is 12.5 Å². The van der Waals surface area contributed by atoms with E-state index >= 15 is 0 Å². The SMILES string of the molecule is CCCn1nc(C(=O)O[C@H](C(=O)Nc2cc(C(F)(F)F)ccc2Cl)c2ccccc2)c2ccccc2c1=O. The summed E-state index contributed by atoms with van der Waals surface area (Å²) in [7, 11) is 0. The van der Waals surface area contributed by atoms with Gasteiger partial charge in [0.1, 0.15) is 0 Å². The van der Waals surface area contributed by atoms with Gasteiger partial charge in [-0.05, 0) is 30.7 Å². The van der Waals surface area contributed by atoms with Crippen molar-refractivity contribution in [3.63, 3.8) is 0 Å². The number of benzene rings is 3. The van der Waals surface area contributed by atoms with Gasteiger partial charge in [-0.25, -0.2) is 9.48 Å². The molecule has 0 aliphatic heterocycles. The fourth-order valence-corrected chi connectivity index (χ4v) is 3.97. The van der Waals surface area contributed by atoms with Crippen molar-refractivity contribution in [1.29, 1.82) is 0 Å². The quantitative estimate of drug-likeness (QED) is 0.288. The van der Waals surface area contributed by atoms with Crippen LogP contribution in [0, 0.1) is 0 Å². The number of ether oxygens (including phenoxy) is 1. The number of halogens is 4. The maximum Gasteiger partial charge on any atom is 0.416 e. The number of fused-ring (bicyclic) bond motifs is 1. The molecule has 0 unspecified atom stereocenters. The Balaban J connectivity index is 1.72. The molecule has 1 heterocycles. The van der Waals surface area contributed by atoms with Gasteiger partial charge in [-0.15, -0.1) is 0 Å². The minimum atomic E-state index is -4.66. The Labute approximate surface area is 219 Å². The third kappa shape index (κ3) is 5.70. The zero-order valence-electron chi connectivity index (χ0n) is 20.0. The van der Waals surface area contributed by atoms with Crippen molar-refractivity contribution in [2.75, 3.05) is 5.32 Å². The van der Waals surface area contributed by atoms with E-state index in [1.54, 1.807) is 36.4 Å². The molecule has 0 saturated heterocycles. The summed E-state index contributed by atoms with van der Waals surface area (Å²) >= 11 is 6.04. The summed E-state index contributed by atoms with van der Waals surface area (Å²) in [5.74, 6) is -1.93. The molecule has 0 fully saturated rings. The molecule has 0 aliphatic carbocycles. The van der Waals surface area contributed by atoms with Gasteiger partial charge in [-0.2, -0.15) is 18.3 Å². The highest BCUT2D eigenvalue weighted by Gasteiger charge is 2.32. The highest BCUT2D eigenvalue weighted by molar-refractivity contribution is 6.33. The first-order chi connectivity index (χ1) is 18.1. The average Bonchev–Trinajstić information content (AvgIpc) is 2.90. The highest BCUT2D eigenvalue weighted by Crippen LogP contribution is 2.34. The van der Waals surface area contributed by atoms with Gasteiger partial charge in [0, 0.05) is 17.5 Å². The van der Waals surface area contributed by atoms with Crippen LogP contribution in [0.1, 0.15) is 41.1 Å². The van der Waals surface area contributed by atoms with E-state index in [0.717, 1.165) is 16.8 Å². The van der Waals surface area contributed by atoms with Gasteiger partial charge < -0.3 is 10.1 Å². The maximum atomic E-state index is 13.4. The number of aryl methyl sites for hydroxylation is 1. The molecular formula is C27H21ClF3N3O4. The Morgan fingerprint density at radius 3 is 2.34 bits per heavy atom. The number of carbonyl (C=O) groups is 2. The number of hydrogen-bond acceptors (Lipinski definition) is 5. The zero-order chi connectivity index (χ0) is 27.4. The maximum absolute atomic E-state index is 13.4. The molecule has 7 nitrogen and oxygen atoms in total. The van der Waals surface area contributed by atoms with E-state index in [1.807, 2.05) is 6.92 Å². The number of hydrogen-bond donors (Lipinski definition) is 1. The molecule has 1 amide bonds. The molecular weight excluding hydrogens is 523 g/mol. The van der Waals surface area contributed by atoms with Crippen molar-refractivity contribution in [2.45, 2.75) is 32.2 Å². The van der Waals surface area contributed by atoms with Crippen LogP contribution in [0.2, 0.25) is 5.02 Å². The second kappa shape index (κ2) is 11.1. The number of carbonyl (C=O) groups excluding carboxylic acids is 2. The predicted octanol–water partition coefficient (Wildman–Crippen LogP) is 6.02. The summed E-state index contributed by atoms with van der Waals surface area (Å²) in [4.78, 5) is 39.4. The molecule has 1 N–H and O–H groups in total. The van der Waals surface area contributed by atoms with Crippen LogP contribution in [-0.4, -0.2) is 21.7 Å². The van der Waals surface area contributed by atoms with Gasteiger partial charge in [0.15, 0.2) is 5.69 Å². The van der Waals surface area contributed by atoms with Crippen molar-refractivity contribution in [2.24, 2.45) is 0 Å². The van der Waals surface area contributed by atoms with Crippen molar-refractivity contribution < 1.29 is 27.5 Å². The van der Waals surface area contributed by atoms with Crippen molar-refractivity contribution >= 4 is 39.9 Å². The monoisotopic (exact) mass is 543 g/mol. The van der Waals surface area contributed by atoms with Crippen LogP contribution in [0.5, 0.6) is 0 Å². The summed E-state index contributed by atoms with van der Waals surface area (Å²) < 4.78 is 46.4. The lowest BCUT2D eigenvalue weighted by Gasteiger charge is -2.19. The van der Waals surface area contributed by atoms with Crippen molar-refractivity contribution in [1.82, 2.24) is 9.78 Å². The third-order valence-electron chi connectivity index (χ3n) is 5.61. The second-order valence-corrected chi connectivity index (χ2v) is 8.71. The summed E-state index contributed by atoms with van der Waals surface area (Å²) in [5.41, 5.74) is -1.62. The van der Waals surface area contributed by atoms with Crippen LogP contribution in [0.3, 0.4) is 0 Å². The van der Waals surface area contributed by atoms with Crippen LogP contribution >= 0.6 is 11.6 Å². The number of aromatic nitrogens is 2. The molecule has 0 spiro atoms. The van der Waals surface area contributed by atoms with E-state index < -0.39 is 29.7 Å². The number of anilines is 1. The minimum absolute atomic E-state index is 0.135. The van der Waals surface area contributed by atoms with E-state index in [2.05, 4.69) is 10.4 Å². The van der Waals surface area contributed by atoms with Gasteiger partial charge in [0.25, 0.3) is 11.5 Å². The lowest BCUT2D eigenvalue weighted by Crippen LogP contribution is -2.29. The first-order valence-electron chi connectivity index (χ1n) is 11.5. The van der Waals surface area contributed by atoms with E-state index in [1.165, 1.54) is 18.2 Å². The second-order valence-electron chi connectivity index (χ2n) is 8.30. The Bertz CT molecular complexity index is 1560. The van der Waals surface area contributed by atoms with E-state index in [9.17, 15) is 27.6 Å². The molecule has 38 heavy (non-hydrogen) atoms. The topological polar surface area (TPSA) is 90.3 Å².